The Kier molecular flexibility index (Phi) is 4.88. The molecule has 0 saturated heterocycles. The highest BCUT2D eigenvalue weighted by atomic mass is 32.2. The van der Waals surface area contributed by atoms with E-state index in [9.17, 15) is 13.2 Å². The number of carbonyl (C=O) groups is 1. The van der Waals surface area contributed by atoms with E-state index in [1.54, 1.807) is 49.5 Å². The first-order chi connectivity index (χ1) is 12.4. The molecular formula is C18H17N3O4S. The van der Waals surface area contributed by atoms with E-state index < -0.39 is 22.0 Å². The zero-order valence-corrected chi connectivity index (χ0v) is 14.7. The average molecular weight is 371 g/mol. The second kappa shape index (κ2) is 7.11. The van der Waals surface area contributed by atoms with Crippen LogP contribution in [0.1, 0.15) is 28.9 Å². The number of benzene rings is 2. The van der Waals surface area contributed by atoms with Crippen LogP contribution in [-0.2, 0) is 10.0 Å². The minimum Gasteiger partial charge on any atom is -0.444 e. The Balaban J connectivity index is 1.76. The average Bonchev–Trinajstić information content (AvgIpc) is 3.16. The number of nitrogens with one attached hydrogen (secondary N) is 1. The first-order valence-electron chi connectivity index (χ1n) is 7.78. The molecule has 1 atom stereocenters. The van der Waals surface area contributed by atoms with Crippen LogP contribution in [0.4, 0.5) is 0 Å². The van der Waals surface area contributed by atoms with E-state index in [2.05, 4.69) is 9.71 Å². The van der Waals surface area contributed by atoms with Crippen LogP contribution in [0.25, 0.3) is 11.3 Å². The number of rotatable bonds is 6. The molecule has 0 saturated carbocycles. The van der Waals surface area contributed by atoms with Crippen molar-refractivity contribution in [3.63, 3.8) is 0 Å². The lowest BCUT2D eigenvalue weighted by atomic mass is 10.1. The zero-order valence-electron chi connectivity index (χ0n) is 13.9. The van der Waals surface area contributed by atoms with Gasteiger partial charge in [0.25, 0.3) is 0 Å². The lowest BCUT2D eigenvalue weighted by Crippen LogP contribution is -2.27. The Labute approximate surface area is 150 Å². The van der Waals surface area contributed by atoms with Gasteiger partial charge in [0.1, 0.15) is 0 Å². The number of hydrogen-bond acceptors (Lipinski definition) is 5. The van der Waals surface area contributed by atoms with E-state index in [1.807, 2.05) is 0 Å². The molecule has 1 aromatic heterocycles. The molecule has 26 heavy (non-hydrogen) atoms. The molecule has 2 aromatic carbocycles. The third kappa shape index (κ3) is 3.81. The van der Waals surface area contributed by atoms with Gasteiger partial charge < -0.3 is 10.2 Å². The SMILES string of the molecule is CC(NS(=O)(=O)c1ccc(-c2cnco2)cc1)c1ccc(C(N)=O)cc1. The van der Waals surface area contributed by atoms with Crippen LogP contribution in [0.5, 0.6) is 0 Å². The third-order valence-electron chi connectivity index (χ3n) is 3.91. The molecule has 0 aliphatic heterocycles. The molecule has 0 aliphatic rings. The second-order valence-electron chi connectivity index (χ2n) is 5.72. The number of primary amides is 1. The molecule has 0 aliphatic carbocycles. The predicted molar refractivity (Wildman–Crippen MR) is 95.6 cm³/mol. The number of carbonyl (C=O) groups excluding carboxylic acids is 1. The highest BCUT2D eigenvalue weighted by molar-refractivity contribution is 7.89. The van der Waals surface area contributed by atoms with E-state index >= 15 is 0 Å². The van der Waals surface area contributed by atoms with Gasteiger partial charge in [-0.2, -0.15) is 0 Å². The van der Waals surface area contributed by atoms with E-state index in [1.165, 1.54) is 18.5 Å². The maximum Gasteiger partial charge on any atom is 0.248 e. The molecule has 0 fully saturated rings. The van der Waals surface area contributed by atoms with Gasteiger partial charge in [0, 0.05) is 17.2 Å². The summed E-state index contributed by atoms with van der Waals surface area (Å²) in [5, 5.41) is 0. The quantitative estimate of drug-likeness (QED) is 0.691. The normalized spacial score (nSPS) is 12.7. The number of nitrogens with two attached hydrogens (primary N) is 1. The van der Waals surface area contributed by atoms with Crippen molar-refractivity contribution in [2.75, 3.05) is 0 Å². The highest BCUT2D eigenvalue weighted by Crippen LogP contribution is 2.22. The number of sulfonamides is 1. The van der Waals surface area contributed by atoms with Gasteiger partial charge in [-0.3, -0.25) is 4.79 Å². The number of aromatic nitrogens is 1. The van der Waals surface area contributed by atoms with Crippen LogP contribution in [0.3, 0.4) is 0 Å². The standard InChI is InChI=1S/C18H17N3O4S/c1-12(13-2-4-15(5-3-13)18(19)22)21-26(23,24)16-8-6-14(7-9-16)17-10-20-11-25-17/h2-12,21H,1H3,(H2,19,22). The molecule has 1 heterocycles. The van der Waals surface area contributed by atoms with E-state index in [4.69, 9.17) is 10.2 Å². The third-order valence-corrected chi connectivity index (χ3v) is 5.47. The largest absolute Gasteiger partial charge is 0.444 e. The summed E-state index contributed by atoms with van der Waals surface area (Å²) in [5.74, 6) is 0.0291. The lowest BCUT2D eigenvalue weighted by Gasteiger charge is -2.15. The van der Waals surface area contributed by atoms with Crippen molar-refractivity contribution in [1.29, 1.82) is 0 Å². The minimum absolute atomic E-state index is 0.140. The molecule has 7 nitrogen and oxygen atoms in total. The number of oxazole rings is 1. The number of nitrogens with zero attached hydrogens (tertiary/aromatic N) is 1. The second-order valence-corrected chi connectivity index (χ2v) is 7.43. The van der Waals surface area contributed by atoms with E-state index in [0.717, 1.165) is 11.1 Å². The molecule has 3 aromatic rings. The predicted octanol–water partition coefficient (Wildman–Crippen LogP) is 2.48. The van der Waals surface area contributed by atoms with E-state index in [-0.39, 0.29) is 4.90 Å². The molecule has 3 rings (SSSR count). The smallest absolute Gasteiger partial charge is 0.248 e. The number of hydrogen-bond donors (Lipinski definition) is 2. The summed E-state index contributed by atoms with van der Waals surface area (Å²) in [5.41, 5.74) is 7.02. The van der Waals surface area contributed by atoms with Crippen LogP contribution in [-0.4, -0.2) is 19.3 Å². The van der Waals surface area contributed by atoms with Crippen molar-refractivity contribution in [2.24, 2.45) is 5.73 Å². The summed E-state index contributed by atoms with van der Waals surface area (Å²) in [6.45, 7) is 1.72. The molecule has 1 amide bonds. The van der Waals surface area contributed by atoms with Crippen molar-refractivity contribution in [2.45, 2.75) is 17.9 Å². The molecule has 0 radical (unpaired) electrons. The van der Waals surface area contributed by atoms with Gasteiger partial charge in [0.2, 0.25) is 15.9 Å². The summed E-state index contributed by atoms with van der Waals surface area (Å²) in [6, 6.07) is 12.3. The van der Waals surface area contributed by atoms with Crippen molar-refractivity contribution < 1.29 is 17.6 Å². The fourth-order valence-electron chi connectivity index (χ4n) is 2.46. The molecule has 8 heteroatoms. The Morgan fingerprint density at radius 3 is 2.31 bits per heavy atom. The van der Waals surface area contributed by atoms with Gasteiger partial charge in [-0.05, 0) is 48.9 Å². The molecule has 0 spiro atoms. The lowest BCUT2D eigenvalue weighted by molar-refractivity contribution is 0.1000. The fourth-order valence-corrected chi connectivity index (χ4v) is 3.69. The van der Waals surface area contributed by atoms with Crippen molar-refractivity contribution in [3.05, 3.63) is 72.2 Å². The van der Waals surface area contributed by atoms with E-state index in [0.29, 0.717) is 11.3 Å². The summed E-state index contributed by atoms with van der Waals surface area (Å²) < 4.78 is 32.9. The summed E-state index contributed by atoms with van der Waals surface area (Å²) in [7, 11) is -3.71. The molecule has 0 bridgehead atoms. The van der Waals surface area contributed by atoms with Crippen LogP contribution < -0.4 is 10.5 Å². The molecule has 1 unspecified atom stereocenters. The highest BCUT2D eigenvalue weighted by Gasteiger charge is 2.19. The van der Waals surface area contributed by atoms with Crippen molar-refractivity contribution in [1.82, 2.24) is 9.71 Å². The van der Waals surface area contributed by atoms with Gasteiger partial charge in [-0.25, -0.2) is 18.1 Å². The van der Waals surface area contributed by atoms with Crippen LogP contribution in [0.15, 0.2) is 70.4 Å². The van der Waals surface area contributed by atoms with Crippen molar-refractivity contribution >= 4 is 15.9 Å². The van der Waals surface area contributed by atoms with Crippen LogP contribution in [0, 0.1) is 0 Å². The Morgan fingerprint density at radius 2 is 1.77 bits per heavy atom. The topological polar surface area (TPSA) is 115 Å². The molecule has 3 N–H and O–H groups in total. The van der Waals surface area contributed by atoms with Gasteiger partial charge in [0.05, 0.1) is 11.1 Å². The maximum atomic E-state index is 12.6. The van der Waals surface area contributed by atoms with Gasteiger partial charge >= 0.3 is 0 Å². The summed E-state index contributed by atoms with van der Waals surface area (Å²) >= 11 is 0. The molecular weight excluding hydrogens is 354 g/mol. The summed E-state index contributed by atoms with van der Waals surface area (Å²) in [6.07, 6.45) is 2.87. The van der Waals surface area contributed by atoms with Crippen molar-refractivity contribution in [3.8, 4) is 11.3 Å². The van der Waals surface area contributed by atoms with Gasteiger partial charge in [-0.1, -0.05) is 12.1 Å². The Hall–Kier alpha value is -2.97. The number of amides is 1. The minimum atomic E-state index is -3.71. The van der Waals surface area contributed by atoms with Crippen LogP contribution >= 0.6 is 0 Å². The Bertz CT molecular complexity index is 996. The van der Waals surface area contributed by atoms with Gasteiger partial charge in [-0.15, -0.1) is 0 Å². The summed E-state index contributed by atoms with van der Waals surface area (Å²) in [4.78, 5) is 15.1. The zero-order chi connectivity index (χ0) is 18.7. The monoisotopic (exact) mass is 371 g/mol. The molecule has 134 valence electrons. The first kappa shape index (κ1) is 17.8. The maximum absolute atomic E-state index is 12.6. The first-order valence-corrected chi connectivity index (χ1v) is 9.26. The fraction of sp³-hybridized carbons (Fsp3) is 0.111. The van der Waals surface area contributed by atoms with Crippen LogP contribution in [0.2, 0.25) is 0 Å². The van der Waals surface area contributed by atoms with Gasteiger partial charge in [0.15, 0.2) is 12.2 Å². The Morgan fingerprint density at radius 1 is 1.12 bits per heavy atom.